The predicted molar refractivity (Wildman–Crippen MR) is 96.6 cm³/mol. The molecule has 2 heterocycles. The molecule has 0 bridgehead atoms. The largest absolute Gasteiger partial charge is 0.356 e. The highest BCUT2D eigenvalue weighted by Gasteiger charge is 2.31. The number of likely N-dealkylation sites (tertiary alicyclic amines) is 1. The van der Waals surface area contributed by atoms with E-state index in [1.54, 1.807) is 0 Å². The molecule has 2 aliphatic rings. The molecule has 0 spiro atoms. The number of hydrazine groups is 1. The fourth-order valence-electron chi connectivity index (χ4n) is 3.71. The van der Waals surface area contributed by atoms with E-state index < -0.39 is 0 Å². The van der Waals surface area contributed by atoms with Crippen molar-refractivity contribution in [1.82, 2.24) is 21.1 Å². The van der Waals surface area contributed by atoms with Crippen LogP contribution in [0.4, 0.5) is 0 Å². The van der Waals surface area contributed by atoms with Gasteiger partial charge >= 0.3 is 0 Å². The smallest absolute Gasteiger partial charge is 0.235 e. The second kappa shape index (κ2) is 8.97. The SMILES string of the molecule is O=C1CC(N2CCCC(C(=O)NCCCc3ccccc3)C2)CNN1. The van der Waals surface area contributed by atoms with Crippen LogP contribution < -0.4 is 16.2 Å². The van der Waals surface area contributed by atoms with Crippen molar-refractivity contribution in [2.24, 2.45) is 5.92 Å². The third kappa shape index (κ3) is 5.28. The van der Waals surface area contributed by atoms with Crippen LogP contribution in [-0.4, -0.2) is 48.9 Å². The maximum atomic E-state index is 12.5. The number of benzene rings is 1. The van der Waals surface area contributed by atoms with Crippen molar-refractivity contribution >= 4 is 11.8 Å². The van der Waals surface area contributed by atoms with Crippen LogP contribution in [0.25, 0.3) is 0 Å². The molecule has 3 N–H and O–H groups in total. The molecule has 3 rings (SSSR count). The highest BCUT2D eigenvalue weighted by Crippen LogP contribution is 2.20. The normalized spacial score (nSPS) is 24.6. The minimum atomic E-state index is 0.0312. The maximum absolute atomic E-state index is 12.5. The summed E-state index contributed by atoms with van der Waals surface area (Å²) in [5.74, 6) is 0.227. The Morgan fingerprint density at radius 1 is 1.28 bits per heavy atom. The van der Waals surface area contributed by atoms with Crippen LogP contribution in [0.2, 0.25) is 0 Å². The zero-order chi connectivity index (χ0) is 17.5. The van der Waals surface area contributed by atoms with Crippen LogP contribution in [-0.2, 0) is 16.0 Å². The van der Waals surface area contributed by atoms with E-state index in [1.165, 1.54) is 5.56 Å². The summed E-state index contributed by atoms with van der Waals surface area (Å²) in [5, 5.41) is 3.09. The van der Waals surface area contributed by atoms with Gasteiger partial charge in [0.2, 0.25) is 11.8 Å². The number of amides is 2. The third-order valence-electron chi connectivity index (χ3n) is 5.11. The summed E-state index contributed by atoms with van der Waals surface area (Å²) in [6.07, 6.45) is 4.41. The Bertz CT molecular complexity index is 578. The van der Waals surface area contributed by atoms with Crippen LogP contribution in [0.3, 0.4) is 0 Å². The van der Waals surface area contributed by atoms with Crippen molar-refractivity contribution in [3.8, 4) is 0 Å². The summed E-state index contributed by atoms with van der Waals surface area (Å²) in [7, 11) is 0. The highest BCUT2D eigenvalue weighted by atomic mass is 16.2. The molecule has 25 heavy (non-hydrogen) atoms. The van der Waals surface area contributed by atoms with E-state index >= 15 is 0 Å². The maximum Gasteiger partial charge on any atom is 0.235 e. The summed E-state index contributed by atoms with van der Waals surface area (Å²) in [6.45, 7) is 3.19. The van der Waals surface area contributed by atoms with Crippen molar-refractivity contribution in [3.63, 3.8) is 0 Å². The van der Waals surface area contributed by atoms with Gasteiger partial charge in [-0.15, -0.1) is 0 Å². The second-order valence-corrected chi connectivity index (χ2v) is 7.00. The van der Waals surface area contributed by atoms with E-state index in [0.717, 1.165) is 51.9 Å². The zero-order valence-corrected chi connectivity index (χ0v) is 14.7. The van der Waals surface area contributed by atoms with E-state index in [1.807, 2.05) is 18.2 Å². The summed E-state index contributed by atoms with van der Waals surface area (Å²) < 4.78 is 0. The number of carbonyl (C=O) groups is 2. The molecule has 2 unspecified atom stereocenters. The quantitative estimate of drug-likeness (QED) is 0.669. The lowest BCUT2D eigenvalue weighted by Gasteiger charge is -2.39. The lowest BCUT2D eigenvalue weighted by atomic mass is 9.94. The number of aryl methyl sites for hydroxylation is 1. The summed E-state index contributed by atoms with van der Waals surface area (Å²) in [6, 6.07) is 10.5. The first-order valence-corrected chi connectivity index (χ1v) is 9.30. The summed E-state index contributed by atoms with van der Waals surface area (Å²) in [5.41, 5.74) is 6.89. The van der Waals surface area contributed by atoms with Gasteiger partial charge in [0.15, 0.2) is 0 Å². The molecule has 6 nitrogen and oxygen atoms in total. The molecule has 0 aromatic heterocycles. The van der Waals surface area contributed by atoms with E-state index in [9.17, 15) is 9.59 Å². The van der Waals surface area contributed by atoms with Crippen molar-refractivity contribution in [2.45, 2.75) is 38.1 Å². The molecule has 2 aliphatic heterocycles. The number of hydrogen-bond acceptors (Lipinski definition) is 4. The lowest BCUT2D eigenvalue weighted by Crippen LogP contribution is -2.57. The van der Waals surface area contributed by atoms with Crippen molar-refractivity contribution in [3.05, 3.63) is 35.9 Å². The Morgan fingerprint density at radius 2 is 2.12 bits per heavy atom. The van der Waals surface area contributed by atoms with Crippen molar-refractivity contribution in [1.29, 1.82) is 0 Å². The molecule has 0 radical (unpaired) electrons. The Kier molecular flexibility index (Phi) is 6.42. The average molecular weight is 344 g/mol. The first-order valence-electron chi connectivity index (χ1n) is 9.30. The van der Waals surface area contributed by atoms with Gasteiger partial charge in [0, 0.05) is 32.1 Å². The molecule has 6 heteroatoms. The van der Waals surface area contributed by atoms with Gasteiger partial charge in [0.25, 0.3) is 0 Å². The Hall–Kier alpha value is -1.92. The third-order valence-corrected chi connectivity index (χ3v) is 5.11. The first-order chi connectivity index (χ1) is 12.2. The number of rotatable bonds is 6. The highest BCUT2D eigenvalue weighted by molar-refractivity contribution is 5.79. The predicted octanol–water partition coefficient (Wildman–Crippen LogP) is 0.841. The number of nitrogens with zero attached hydrogens (tertiary/aromatic N) is 1. The van der Waals surface area contributed by atoms with E-state index in [2.05, 4.69) is 33.2 Å². The number of hydrogen-bond donors (Lipinski definition) is 3. The Labute approximate surface area is 149 Å². The molecule has 2 saturated heterocycles. The molecule has 2 atom stereocenters. The standard InChI is InChI=1S/C19H28N4O2/c24-18-12-17(13-21-22-18)23-11-5-9-16(14-23)19(25)20-10-4-8-15-6-2-1-3-7-15/h1-3,6-7,16-17,21H,4-5,8-14H2,(H,20,25)(H,22,24). The average Bonchev–Trinajstić information content (AvgIpc) is 2.66. The molecule has 1 aromatic carbocycles. The van der Waals surface area contributed by atoms with Gasteiger partial charge in [-0.05, 0) is 37.8 Å². The van der Waals surface area contributed by atoms with Crippen LogP contribution in [0.15, 0.2) is 30.3 Å². The molecule has 0 aliphatic carbocycles. The lowest BCUT2D eigenvalue weighted by molar-refractivity contribution is -0.128. The van der Waals surface area contributed by atoms with Crippen LogP contribution in [0, 0.1) is 5.92 Å². The molecule has 136 valence electrons. The van der Waals surface area contributed by atoms with Gasteiger partial charge in [-0.25, -0.2) is 5.43 Å². The number of carbonyl (C=O) groups excluding carboxylic acids is 2. The van der Waals surface area contributed by atoms with Crippen LogP contribution >= 0.6 is 0 Å². The Morgan fingerprint density at radius 3 is 2.92 bits per heavy atom. The second-order valence-electron chi connectivity index (χ2n) is 7.00. The molecular weight excluding hydrogens is 316 g/mol. The van der Waals surface area contributed by atoms with E-state index in [-0.39, 0.29) is 23.8 Å². The zero-order valence-electron chi connectivity index (χ0n) is 14.7. The van der Waals surface area contributed by atoms with Gasteiger partial charge in [0.05, 0.1) is 5.92 Å². The fourth-order valence-corrected chi connectivity index (χ4v) is 3.71. The molecule has 2 fully saturated rings. The fraction of sp³-hybridized carbons (Fsp3) is 0.579. The number of piperidine rings is 1. The van der Waals surface area contributed by atoms with Crippen molar-refractivity contribution in [2.75, 3.05) is 26.2 Å². The van der Waals surface area contributed by atoms with Crippen molar-refractivity contribution < 1.29 is 9.59 Å². The molecular formula is C19H28N4O2. The van der Waals surface area contributed by atoms with Crippen LogP contribution in [0.1, 0.15) is 31.2 Å². The van der Waals surface area contributed by atoms with Crippen LogP contribution in [0.5, 0.6) is 0 Å². The molecule has 1 aromatic rings. The van der Waals surface area contributed by atoms with Gasteiger partial charge in [0.1, 0.15) is 0 Å². The summed E-state index contributed by atoms with van der Waals surface area (Å²) in [4.78, 5) is 26.3. The summed E-state index contributed by atoms with van der Waals surface area (Å²) >= 11 is 0. The van der Waals surface area contributed by atoms with E-state index in [4.69, 9.17) is 0 Å². The minimum absolute atomic E-state index is 0.0312. The Balaban J connectivity index is 1.40. The van der Waals surface area contributed by atoms with Gasteiger partial charge in [-0.2, -0.15) is 0 Å². The number of nitrogens with one attached hydrogen (secondary N) is 3. The first kappa shape index (κ1) is 17.9. The molecule has 2 amide bonds. The topological polar surface area (TPSA) is 73.5 Å². The van der Waals surface area contributed by atoms with Gasteiger partial charge in [-0.3, -0.25) is 19.9 Å². The monoisotopic (exact) mass is 344 g/mol. The molecule has 0 saturated carbocycles. The minimum Gasteiger partial charge on any atom is -0.356 e. The van der Waals surface area contributed by atoms with E-state index in [0.29, 0.717) is 6.42 Å². The van der Waals surface area contributed by atoms with Gasteiger partial charge < -0.3 is 5.32 Å². The van der Waals surface area contributed by atoms with Gasteiger partial charge in [-0.1, -0.05) is 30.3 Å².